The van der Waals surface area contributed by atoms with Crippen molar-refractivity contribution in [2.75, 3.05) is 0 Å². The van der Waals surface area contributed by atoms with Gasteiger partial charge in [-0.05, 0) is 67.3 Å². The Bertz CT molecular complexity index is 981. The molecule has 5 rings (SSSR count). The van der Waals surface area contributed by atoms with E-state index in [1.54, 1.807) is 24.7 Å². The predicted octanol–water partition coefficient (Wildman–Crippen LogP) is 4.90. The third-order valence-corrected chi connectivity index (χ3v) is 5.14. The minimum absolute atomic E-state index is 0.0880. The molecule has 2 aliphatic rings. The van der Waals surface area contributed by atoms with Crippen LogP contribution in [0.15, 0.2) is 79.1 Å². The van der Waals surface area contributed by atoms with Crippen molar-refractivity contribution in [1.82, 2.24) is 5.01 Å². The number of furan rings is 3. The van der Waals surface area contributed by atoms with Gasteiger partial charge in [0.25, 0.3) is 0 Å². The van der Waals surface area contributed by atoms with Gasteiger partial charge in [-0.1, -0.05) is 0 Å². The second-order valence-corrected chi connectivity index (χ2v) is 6.76. The fourth-order valence-electron chi connectivity index (χ4n) is 3.96. The molecule has 0 aromatic carbocycles. The van der Waals surface area contributed by atoms with Gasteiger partial charge in [0.2, 0.25) is 0 Å². The van der Waals surface area contributed by atoms with Crippen molar-refractivity contribution in [2.24, 2.45) is 11.0 Å². The highest BCUT2D eigenvalue weighted by Gasteiger charge is 2.45. The number of hydrogen-bond donors (Lipinski definition) is 0. The van der Waals surface area contributed by atoms with Gasteiger partial charge in [-0.2, -0.15) is 5.10 Å². The molecule has 1 amide bonds. The second-order valence-electron chi connectivity index (χ2n) is 6.76. The minimum Gasteiger partial charge on any atom is -0.467 e. The summed E-state index contributed by atoms with van der Waals surface area (Å²) >= 11 is 0. The summed E-state index contributed by atoms with van der Waals surface area (Å²) < 4.78 is 16.5. The fourth-order valence-corrected chi connectivity index (χ4v) is 3.96. The first-order valence-corrected chi connectivity index (χ1v) is 9.04. The Morgan fingerprint density at radius 3 is 2.63 bits per heavy atom. The van der Waals surface area contributed by atoms with E-state index in [9.17, 15) is 4.79 Å². The summed E-state index contributed by atoms with van der Waals surface area (Å²) in [7, 11) is 0. The molecule has 0 unspecified atom stereocenters. The Morgan fingerprint density at radius 2 is 1.89 bits per heavy atom. The van der Waals surface area contributed by atoms with Crippen LogP contribution < -0.4 is 0 Å². The number of hydrogen-bond acceptors (Lipinski definition) is 5. The van der Waals surface area contributed by atoms with Gasteiger partial charge < -0.3 is 13.3 Å². The monoisotopic (exact) mass is 362 g/mol. The van der Waals surface area contributed by atoms with Crippen LogP contribution in [0.4, 0.5) is 0 Å². The van der Waals surface area contributed by atoms with Crippen molar-refractivity contribution in [3.05, 3.63) is 78.0 Å². The SMILES string of the molecule is O=C(c1ccco1)N1N=C2/C(=C/c3ccco3)CCC[C@H]2[C@@H]1c1ccco1. The predicted molar refractivity (Wildman–Crippen MR) is 97.8 cm³/mol. The molecule has 3 aromatic heterocycles. The molecular weight excluding hydrogens is 344 g/mol. The van der Waals surface area contributed by atoms with Crippen LogP contribution in [0.5, 0.6) is 0 Å². The van der Waals surface area contributed by atoms with E-state index in [-0.39, 0.29) is 23.6 Å². The van der Waals surface area contributed by atoms with E-state index in [4.69, 9.17) is 18.4 Å². The van der Waals surface area contributed by atoms with Crippen molar-refractivity contribution in [1.29, 1.82) is 0 Å². The van der Waals surface area contributed by atoms with E-state index in [1.165, 1.54) is 11.3 Å². The summed E-state index contributed by atoms with van der Waals surface area (Å²) in [6.45, 7) is 0. The number of carbonyl (C=O) groups is 1. The quantitative estimate of drug-likeness (QED) is 0.664. The van der Waals surface area contributed by atoms with Crippen LogP contribution >= 0.6 is 0 Å². The molecule has 2 atom stereocenters. The molecule has 136 valence electrons. The first kappa shape index (κ1) is 15.9. The summed E-state index contributed by atoms with van der Waals surface area (Å²) in [6.07, 6.45) is 9.67. The normalized spacial score (nSPS) is 23.5. The van der Waals surface area contributed by atoms with E-state index in [2.05, 4.69) is 0 Å². The number of hydrazone groups is 1. The van der Waals surface area contributed by atoms with Crippen LogP contribution in [0.2, 0.25) is 0 Å². The van der Waals surface area contributed by atoms with E-state index in [1.807, 2.05) is 30.3 Å². The molecule has 0 spiro atoms. The summed E-state index contributed by atoms with van der Waals surface area (Å²) in [5.74, 6) is 1.62. The number of fused-ring (bicyclic) bond motifs is 1. The van der Waals surface area contributed by atoms with Gasteiger partial charge in [0, 0.05) is 5.92 Å². The maximum absolute atomic E-state index is 13.0. The summed E-state index contributed by atoms with van der Waals surface area (Å²) in [6, 6.07) is 10.6. The maximum Gasteiger partial charge on any atom is 0.310 e. The summed E-state index contributed by atoms with van der Waals surface area (Å²) in [5.41, 5.74) is 2.03. The largest absolute Gasteiger partial charge is 0.467 e. The topological polar surface area (TPSA) is 72.1 Å². The zero-order chi connectivity index (χ0) is 18.2. The Labute approximate surface area is 155 Å². The molecule has 0 saturated heterocycles. The number of nitrogens with zero attached hydrogens (tertiary/aromatic N) is 2. The third-order valence-electron chi connectivity index (χ3n) is 5.14. The van der Waals surface area contributed by atoms with Gasteiger partial charge in [-0.15, -0.1) is 0 Å². The summed E-state index contributed by atoms with van der Waals surface area (Å²) in [4.78, 5) is 13.0. The first-order valence-electron chi connectivity index (χ1n) is 9.04. The number of allylic oxidation sites excluding steroid dienone is 1. The van der Waals surface area contributed by atoms with Crippen LogP contribution in [0, 0.1) is 5.92 Å². The lowest BCUT2D eigenvalue weighted by Gasteiger charge is -2.27. The Kier molecular flexibility index (Phi) is 3.81. The van der Waals surface area contributed by atoms with Gasteiger partial charge in [0.1, 0.15) is 17.6 Å². The van der Waals surface area contributed by atoms with Crippen molar-refractivity contribution < 1.29 is 18.0 Å². The Hall–Kier alpha value is -3.28. The minimum atomic E-state index is -0.270. The lowest BCUT2D eigenvalue weighted by atomic mass is 9.79. The van der Waals surface area contributed by atoms with Gasteiger partial charge in [0.15, 0.2) is 5.76 Å². The zero-order valence-electron chi connectivity index (χ0n) is 14.6. The van der Waals surface area contributed by atoms with Gasteiger partial charge in [-0.25, -0.2) is 5.01 Å². The smallest absolute Gasteiger partial charge is 0.310 e. The third kappa shape index (κ3) is 2.73. The number of rotatable bonds is 3. The zero-order valence-corrected chi connectivity index (χ0v) is 14.6. The molecule has 0 radical (unpaired) electrons. The molecule has 1 aliphatic carbocycles. The van der Waals surface area contributed by atoms with Gasteiger partial charge >= 0.3 is 5.91 Å². The molecule has 6 nitrogen and oxygen atoms in total. The van der Waals surface area contributed by atoms with E-state index >= 15 is 0 Å². The first-order chi connectivity index (χ1) is 13.3. The maximum atomic E-state index is 13.0. The van der Waals surface area contributed by atoms with Crippen molar-refractivity contribution in [2.45, 2.75) is 25.3 Å². The van der Waals surface area contributed by atoms with E-state index < -0.39 is 0 Å². The van der Waals surface area contributed by atoms with E-state index in [0.29, 0.717) is 0 Å². The molecule has 1 fully saturated rings. The lowest BCUT2D eigenvalue weighted by Crippen LogP contribution is -2.31. The molecule has 27 heavy (non-hydrogen) atoms. The molecule has 0 bridgehead atoms. The van der Waals surface area contributed by atoms with Gasteiger partial charge in [0.05, 0.1) is 24.5 Å². The molecular formula is C21H18N2O4. The standard InChI is InChI=1S/C21H18N2O4/c24-21(18-9-4-12-27-18)23-20(17-8-3-11-26-17)16-7-1-5-14(19(16)22-23)13-15-6-2-10-25-15/h2-4,6,8-13,16,20H,1,5,7H2/b14-13+/t16-,20-/m1/s1. The van der Waals surface area contributed by atoms with Crippen LogP contribution in [0.25, 0.3) is 6.08 Å². The molecule has 1 aliphatic heterocycles. The molecule has 1 saturated carbocycles. The van der Waals surface area contributed by atoms with E-state index in [0.717, 1.165) is 42.1 Å². The van der Waals surface area contributed by atoms with Crippen LogP contribution in [-0.4, -0.2) is 16.6 Å². The van der Waals surface area contributed by atoms with Crippen molar-refractivity contribution in [3.8, 4) is 0 Å². The molecule has 4 heterocycles. The van der Waals surface area contributed by atoms with Crippen molar-refractivity contribution >= 4 is 17.7 Å². The highest BCUT2D eigenvalue weighted by Crippen LogP contribution is 2.45. The molecule has 0 N–H and O–H groups in total. The van der Waals surface area contributed by atoms with Crippen molar-refractivity contribution in [3.63, 3.8) is 0 Å². The highest BCUT2D eigenvalue weighted by molar-refractivity contribution is 6.08. The van der Waals surface area contributed by atoms with Crippen LogP contribution in [-0.2, 0) is 0 Å². The van der Waals surface area contributed by atoms with Gasteiger partial charge in [-0.3, -0.25) is 4.79 Å². The van der Waals surface area contributed by atoms with Crippen LogP contribution in [0.1, 0.15) is 47.4 Å². The number of amides is 1. The molecule has 6 heteroatoms. The average Bonchev–Trinajstić information content (AvgIpc) is 3.48. The second kappa shape index (κ2) is 6.46. The molecule has 3 aromatic rings. The lowest BCUT2D eigenvalue weighted by molar-refractivity contribution is 0.0624. The highest BCUT2D eigenvalue weighted by atomic mass is 16.3. The van der Waals surface area contributed by atoms with Crippen LogP contribution in [0.3, 0.4) is 0 Å². The Balaban J connectivity index is 1.57. The Morgan fingerprint density at radius 1 is 1.07 bits per heavy atom. The average molecular weight is 362 g/mol. The fraction of sp³-hybridized carbons (Fsp3) is 0.238. The summed E-state index contributed by atoms with van der Waals surface area (Å²) in [5, 5.41) is 6.25. The number of carbonyl (C=O) groups excluding carboxylic acids is 1.